The summed E-state index contributed by atoms with van der Waals surface area (Å²) in [6.07, 6.45) is 2.72. The van der Waals surface area contributed by atoms with Crippen molar-refractivity contribution >= 4 is 17.6 Å². The summed E-state index contributed by atoms with van der Waals surface area (Å²) >= 11 is 0. The molecule has 0 aliphatic rings. The highest BCUT2D eigenvalue weighted by Crippen LogP contribution is 2.06. The van der Waals surface area contributed by atoms with Gasteiger partial charge in [-0.05, 0) is 12.1 Å². The number of fused-ring (bicyclic) bond motifs is 1. The molecule has 0 aliphatic heterocycles. The van der Waals surface area contributed by atoms with Crippen LogP contribution in [0.2, 0.25) is 0 Å². The summed E-state index contributed by atoms with van der Waals surface area (Å²) in [5.41, 5.74) is 0.449. The van der Waals surface area contributed by atoms with Gasteiger partial charge in [-0.1, -0.05) is 6.08 Å². The number of rotatable bonds is 3. The van der Waals surface area contributed by atoms with E-state index in [4.69, 9.17) is 0 Å². The lowest BCUT2D eigenvalue weighted by molar-refractivity contribution is 0.253. The zero-order valence-electron chi connectivity index (χ0n) is 8.85. The fraction of sp³-hybridized carbons (Fsp3) is 0.100. The Morgan fingerprint density at radius 2 is 2.41 bits per heavy atom. The number of urea groups is 1. The Balaban J connectivity index is 2.14. The second-order valence-electron chi connectivity index (χ2n) is 3.21. The zero-order valence-corrected chi connectivity index (χ0v) is 8.85. The van der Waals surface area contributed by atoms with Crippen LogP contribution in [-0.2, 0) is 0 Å². The van der Waals surface area contributed by atoms with E-state index in [-0.39, 0.29) is 5.95 Å². The van der Waals surface area contributed by atoms with Crippen molar-refractivity contribution in [2.45, 2.75) is 0 Å². The summed E-state index contributed by atoms with van der Waals surface area (Å²) in [6, 6.07) is 2.29. The molecule has 0 saturated carbocycles. The largest absolute Gasteiger partial charge is 0.334 e. The number of carbonyl (C=O) groups excluding carboxylic acids is 1. The minimum Gasteiger partial charge on any atom is -0.334 e. The van der Waals surface area contributed by atoms with Crippen LogP contribution in [0.15, 0.2) is 31.0 Å². The molecule has 0 radical (unpaired) electrons. The van der Waals surface area contributed by atoms with Crippen LogP contribution in [0.4, 0.5) is 15.1 Å². The van der Waals surface area contributed by atoms with Crippen molar-refractivity contribution in [3.05, 3.63) is 36.8 Å². The monoisotopic (exact) mass is 235 g/mol. The lowest BCUT2D eigenvalue weighted by atomic mass is 10.5. The second-order valence-corrected chi connectivity index (χ2v) is 3.21. The minimum atomic E-state index is -0.443. The van der Waals surface area contributed by atoms with E-state index in [1.807, 2.05) is 0 Å². The number of pyridine rings is 1. The van der Waals surface area contributed by atoms with E-state index in [2.05, 4.69) is 27.3 Å². The minimum absolute atomic E-state index is 0.108. The first-order chi connectivity index (χ1) is 8.19. The normalized spacial score (nSPS) is 10.2. The van der Waals surface area contributed by atoms with Crippen LogP contribution in [-0.4, -0.2) is 27.2 Å². The van der Waals surface area contributed by atoms with Crippen LogP contribution in [0.3, 0.4) is 0 Å². The standard InChI is InChI=1S/C10H10FN5O/c1-2-5-12-10(17)14-9-13-8-4-3-7(11)6-16(8)15-9/h2-4,6H,1,5H2,(H2,12,14,15,17). The summed E-state index contributed by atoms with van der Waals surface area (Å²) in [5, 5.41) is 8.82. The van der Waals surface area contributed by atoms with E-state index in [9.17, 15) is 9.18 Å². The van der Waals surface area contributed by atoms with Crippen LogP contribution in [0, 0.1) is 5.82 Å². The van der Waals surface area contributed by atoms with Crippen molar-refractivity contribution in [3.63, 3.8) is 0 Å². The predicted octanol–water partition coefficient (Wildman–Crippen LogP) is 1.18. The van der Waals surface area contributed by atoms with Gasteiger partial charge in [0.25, 0.3) is 5.95 Å². The molecule has 17 heavy (non-hydrogen) atoms. The lowest BCUT2D eigenvalue weighted by Gasteiger charge is -2.00. The maximum Gasteiger partial charge on any atom is 0.321 e. The molecule has 2 rings (SSSR count). The molecular weight excluding hydrogens is 225 g/mol. The number of aromatic nitrogens is 3. The molecular formula is C10H10FN5O. The summed E-state index contributed by atoms with van der Waals surface area (Å²) in [5.74, 6) is -0.317. The van der Waals surface area contributed by atoms with Crippen LogP contribution < -0.4 is 10.6 Å². The van der Waals surface area contributed by atoms with E-state index < -0.39 is 11.8 Å². The Morgan fingerprint density at radius 1 is 1.59 bits per heavy atom. The van der Waals surface area contributed by atoms with E-state index in [0.717, 1.165) is 0 Å². The highest BCUT2D eigenvalue weighted by Gasteiger charge is 2.07. The van der Waals surface area contributed by atoms with E-state index in [1.54, 1.807) is 6.08 Å². The first-order valence-corrected chi connectivity index (χ1v) is 4.87. The molecule has 2 aromatic rings. The number of carbonyl (C=O) groups is 1. The van der Waals surface area contributed by atoms with E-state index in [1.165, 1.54) is 22.8 Å². The Bertz CT molecular complexity index is 565. The Labute approximate surface area is 96.2 Å². The molecule has 2 amide bonds. The zero-order chi connectivity index (χ0) is 12.3. The van der Waals surface area contributed by atoms with Crippen LogP contribution in [0.1, 0.15) is 0 Å². The van der Waals surface area contributed by atoms with Gasteiger partial charge in [0.15, 0.2) is 5.65 Å². The number of anilines is 1. The molecule has 0 unspecified atom stereocenters. The van der Waals surface area contributed by atoms with Crippen LogP contribution >= 0.6 is 0 Å². The topological polar surface area (TPSA) is 71.3 Å². The molecule has 0 aliphatic carbocycles. The summed E-state index contributed by atoms with van der Waals surface area (Å²) in [6.45, 7) is 3.81. The van der Waals surface area contributed by atoms with Gasteiger partial charge >= 0.3 is 6.03 Å². The van der Waals surface area contributed by atoms with Gasteiger partial charge < -0.3 is 5.32 Å². The van der Waals surface area contributed by atoms with Crippen LogP contribution in [0.25, 0.3) is 5.65 Å². The summed E-state index contributed by atoms with van der Waals surface area (Å²) in [7, 11) is 0. The molecule has 2 heterocycles. The third kappa shape index (κ3) is 2.57. The maximum atomic E-state index is 12.9. The number of nitrogens with one attached hydrogen (secondary N) is 2. The lowest BCUT2D eigenvalue weighted by Crippen LogP contribution is -2.29. The third-order valence-electron chi connectivity index (χ3n) is 1.93. The molecule has 0 spiro atoms. The predicted molar refractivity (Wildman–Crippen MR) is 60.2 cm³/mol. The van der Waals surface area contributed by atoms with Gasteiger partial charge in [-0.15, -0.1) is 11.7 Å². The smallest absolute Gasteiger partial charge is 0.321 e. The average molecular weight is 235 g/mol. The first kappa shape index (κ1) is 11.1. The molecule has 7 heteroatoms. The van der Waals surface area contributed by atoms with E-state index in [0.29, 0.717) is 12.2 Å². The van der Waals surface area contributed by atoms with Gasteiger partial charge in [0.05, 0.1) is 6.20 Å². The van der Waals surface area contributed by atoms with Gasteiger partial charge in [0.2, 0.25) is 0 Å². The van der Waals surface area contributed by atoms with Crippen molar-refractivity contribution in [1.82, 2.24) is 19.9 Å². The molecule has 88 valence electrons. The number of nitrogens with zero attached hydrogens (tertiary/aromatic N) is 3. The third-order valence-corrected chi connectivity index (χ3v) is 1.93. The summed E-state index contributed by atoms with van der Waals surface area (Å²) in [4.78, 5) is 15.3. The van der Waals surface area contributed by atoms with Crippen molar-refractivity contribution in [2.75, 3.05) is 11.9 Å². The number of hydrogen-bond acceptors (Lipinski definition) is 3. The van der Waals surface area contributed by atoms with Gasteiger partial charge in [-0.2, -0.15) is 4.98 Å². The summed E-state index contributed by atoms with van der Waals surface area (Å²) < 4.78 is 14.1. The molecule has 2 N–H and O–H groups in total. The van der Waals surface area contributed by atoms with Gasteiger partial charge in [-0.25, -0.2) is 13.7 Å². The van der Waals surface area contributed by atoms with Crippen molar-refractivity contribution in [3.8, 4) is 0 Å². The highest BCUT2D eigenvalue weighted by atomic mass is 19.1. The molecule has 2 aromatic heterocycles. The van der Waals surface area contributed by atoms with Gasteiger partial charge in [0.1, 0.15) is 5.82 Å². The van der Waals surface area contributed by atoms with E-state index >= 15 is 0 Å². The molecule has 0 saturated heterocycles. The molecule has 0 atom stereocenters. The average Bonchev–Trinajstić information content (AvgIpc) is 2.67. The molecule has 0 bridgehead atoms. The Hall–Kier alpha value is -2.44. The van der Waals surface area contributed by atoms with Crippen molar-refractivity contribution in [2.24, 2.45) is 0 Å². The Morgan fingerprint density at radius 3 is 3.18 bits per heavy atom. The highest BCUT2D eigenvalue weighted by molar-refractivity contribution is 5.87. The maximum absolute atomic E-state index is 12.9. The van der Waals surface area contributed by atoms with Crippen molar-refractivity contribution < 1.29 is 9.18 Å². The first-order valence-electron chi connectivity index (χ1n) is 4.87. The molecule has 0 fully saturated rings. The Kier molecular flexibility index (Phi) is 2.99. The quantitative estimate of drug-likeness (QED) is 0.784. The second kappa shape index (κ2) is 4.60. The van der Waals surface area contributed by atoms with Gasteiger partial charge in [-0.3, -0.25) is 5.32 Å². The molecule has 0 aromatic carbocycles. The fourth-order valence-electron chi connectivity index (χ4n) is 1.22. The fourth-order valence-corrected chi connectivity index (χ4v) is 1.22. The number of hydrogen-bond donors (Lipinski definition) is 2. The number of amides is 2. The van der Waals surface area contributed by atoms with Crippen molar-refractivity contribution in [1.29, 1.82) is 0 Å². The number of halogens is 1. The van der Waals surface area contributed by atoms with Gasteiger partial charge in [0, 0.05) is 6.54 Å². The van der Waals surface area contributed by atoms with Crippen LogP contribution in [0.5, 0.6) is 0 Å². The molecule has 6 nitrogen and oxygen atoms in total. The SMILES string of the molecule is C=CCNC(=O)Nc1nc2ccc(F)cn2n1.